The summed E-state index contributed by atoms with van der Waals surface area (Å²) in [5, 5.41) is 3.08. The Morgan fingerprint density at radius 1 is 1.25 bits per heavy atom. The van der Waals surface area contributed by atoms with E-state index >= 15 is 0 Å². The SMILES string of the molecule is NC1=Nc2ccccc2NC=C1. The van der Waals surface area contributed by atoms with Crippen LogP contribution in [-0.2, 0) is 0 Å². The number of benzene rings is 1. The van der Waals surface area contributed by atoms with Gasteiger partial charge < -0.3 is 11.1 Å². The minimum atomic E-state index is 0.521. The van der Waals surface area contributed by atoms with Crippen LogP contribution >= 0.6 is 0 Å². The van der Waals surface area contributed by atoms with Gasteiger partial charge in [0.05, 0.1) is 11.4 Å². The molecule has 3 N–H and O–H groups in total. The van der Waals surface area contributed by atoms with Crippen molar-refractivity contribution in [1.29, 1.82) is 0 Å². The minimum Gasteiger partial charge on any atom is -0.384 e. The van der Waals surface area contributed by atoms with E-state index in [4.69, 9.17) is 5.73 Å². The van der Waals surface area contributed by atoms with Gasteiger partial charge in [-0.25, -0.2) is 4.99 Å². The molecule has 0 atom stereocenters. The topological polar surface area (TPSA) is 50.4 Å². The van der Waals surface area contributed by atoms with Crippen LogP contribution in [0.1, 0.15) is 0 Å². The normalized spacial score (nSPS) is 14.2. The highest BCUT2D eigenvalue weighted by Crippen LogP contribution is 2.25. The minimum absolute atomic E-state index is 0.521. The van der Waals surface area contributed by atoms with Gasteiger partial charge >= 0.3 is 0 Å². The van der Waals surface area contributed by atoms with E-state index in [9.17, 15) is 0 Å². The summed E-state index contributed by atoms with van der Waals surface area (Å²) >= 11 is 0. The molecular weight excluding hydrogens is 150 g/mol. The van der Waals surface area contributed by atoms with Gasteiger partial charge in [-0.15, -0.1) is 0 Å². The quantitative estimate of drug-likeness (QED) is 0.604. The molecule has 0 aromatic heterocycles. The lowest BCUT2D eigenvalue weighted by atomic mass is 10.3. The Hall–Kier alpha value is -1.77. The van der Waals surface area contributed by atoms with Gasteiger partial charge in [0.1, 0.15) is 5.84 Å². The molecule has 0 fully saturated rings. The van der Waals surface area contributed by atoms with Crippen molar-refractivity contribution >= 4 is 17.2 Å². The maximum Gasteiger partial charge on any atom is 0.125 e. The lowest BCUT2D eigenvalue weighted by Gasteiger charge is -2.01. The van der Waals surface area contributed by atoms with Crippen molar-refractivity contribution in [2.45, 2.75) is 0 Å². The van der Waals surface area contributed by atoms with Crippen LogP contribution in [0.25, 0.3) is 0 Å². The predicted molar refractivity (Wildman–Crippen MR) is 50.5 cm³/mol. The average Bonchev–Trinajstić information content (AvgIpc) is 2.25. The Morgan fingerprint density at radius 2 is 2.08 bits per heavy atom. The third kappa shape index (κ3) is 1.16. The van der Waals surface area contributed by atoms with Gasteiger partial charge in [0.15, 0.2) is 0 Å². The van der Waals surface area contributed by atoms with Crippen LogP contribution in [0.2, 0.25) is 0 Å². The Bertz CT molecular complexity index is 353. The summed E-state index contributed by atoms with van der Waals surface area (Å²) < 4.78 is 0. The number of nitrogens with two attached hydrogens (primary N) is 1. The molecule has 3 heteroatoms. The molecule has 0 bridgehead atoms. The second-order valence-electron chi connectivity index (χ2n) is 2.53. The van der Waals surface area contributed by atoms with E-state index in [2.05, 4.69) is 10.3 Å². The highest BCUT2D eigenvalue weighted by molar-refractivity contribution is 5.96. The van der Waals surface area contributed by atoms with Crippen LogP contribution in [0.3, 0.4) is 0 Å². The molecule has 2 rings (SSSR count). The zero-order valence-corrected chi connectivity index (χ0v) is 6.49. The van der Waals surface area contributed by atoms with Gasteiger partial charge in [0, 0.05) is 6.20 Å². The molecular formula is C9H9N3. The molecule has 1 aromatic rings. The third-order valence-electron chi connectivity index (χ3n) is 1.65. The molecule has 1 aliphatic rings. The lowest BCUT2D eigenvalue weighted by molar-refractivity contribution is 1.49. The molecule has 0 radical (unpaired) electrons. The summed E-state index contributed by atoms with van der Waals surface area (Å²) in [5.41, 5.74) is 7.43. The first kappa shape index (κ1) is 6.91. The molecule has 12 heavy (non-hydrogen) atoms. The van der Waals surface area contributed by atoms with Crippen LogP contribution in [0.5, 0.6) is 0 Å². The first-order chi connectivity index (χ1) is 5.86. The fourth-order valence-corrected chi connectivity index (χ4v) is 1.09. The Balaban J connectivity index is 2.54. The molecule has 0 saturated heterocycles. The molecule has 0 unspecified atom stereocenters. The smallest absolute Gasteiger partial charge is 0.125 e. The number of hydrogen-bond acceptors (Lipinski definition) is 3. The Morgan fingerprint density at radius 3 is 3.00 bits per heavy atom. The molecule has 60 valence electrons. The van der Waals surface area contributed by atoms with E-state index in [1.807, 2.05) is 24.3 Å². The van der Waals surface area contributed by atoms with Crippen molar-refractivity contribution in [3.8, 4) is 0 Å². The lowest BCUT2D eigenvalue weighted by Crippen LogP contribution is -2.05. The molecule has 0 saturated carbocycles. The maximum atomic E-state index is 5.57. The van der Waals surface area contributed by atoms with Gasteiger partial charge in [-0.05, 0) is 18.2 Å². The van der Waals surface area contributed by atoms with E-state index in [0.29, 0.717) is 5.84 Å². The summed E-state index contributed by atoms with van der Waals surface area (Å²) in [6, 6.07) is 7.77. The number of anilines is 1. The maximum absolute atomic E-state index is 5.57. The number of amidine groups is 1. The van der Waals surface area contributed by atoms with E-state index in [1.165, 1.54) is 0 Å². The first-order valence-corrected chi connectivity index (χ1v) is 3.72. The summed E-state index contributed by atoms with van der Waals surface area (Å²) in [5.74, 6) is 0.521. The molecule has 0 amide bonds. The molecule has 1 aromatic carbocycles. The largest absolute Gasteiger partial charge is 0.384 e. The van der Waals surface area contributed by atoms with E-state index in [0.717, 1.165) is 11.4 Å². The van der Waals surface area contributed by atoms with Crippen LogP contribution in [0.4, 0.5) is 11.4 Å². The molecule has 1 heterocycles. The molecule has 0 aliphatic carbocycles. The monoisotopic (exact) mass is 159 g/mol. The summed E-state index contributed by atoms with van der Waals surface area (Å²) in [4.78, 5) is 4.18. The van der Waals surface area contributed by atoms with Crippen LogP contribution in [-0.4, -0.2) is 5.84 Å². The predicted octanol–water partition coefficient (Wildman–Crippen LogP) is 1.61. The van der Waals surface area contributed by atoms with Crippen molar-refractivity contribution in [3.63, 3.8) is 0 Å². The van der Waals surface area contributed by atoms with Crippen molar-refractivity contribution in [2.24, 2.45) is 10.7 Å². The van der Waals surface area contributed by atoms with Crippen LogP contribution < -0.4 is 11.1 Å². The highest BCUT2D eigenvalue weighted by atomic mass is 14.9. The Labute approximate surface area is 70.6 Å². The number of rotatable bonds is 0. The number of fused-ring (bicyclic) bond motifs is 1. The van der Waals surface area contributed by atoms with Crippen molar-refractivity contribution in [3.05, 3.63) is 36.5 Å². The van der Waals surface area contributed by atoms with Gasteiger partial charge in [-0.1, -0.05) is 12.1 Å². The average molecular weight is 159 g/mol. The Kier molecular flexibility index (Phi) is 1.55. The summed E-state index contributed by atoms with van der Waals surface area (Å²) in [6.07, 6.45) is 3.52. The summed E-state index contributed by atoms with van der Waals surface area (Å²) in [6.45, 7) is 0. The first-order valence-electron chi connectivity index (χ1n) is 3.72. The highest BCUT2D eigenvalue weighted by Gasteiger charge is 2.00. The summed E-state index contributed by atoms with van der Waals surface area (Å²) in [7, 11) is 0. The van der Waals surface area contributed by atoms with Crippen molar-refractivity contribution in [2.75, 3.05) is 5.32 Å². The number of para-hydroxylation sites is 2. The zero-order chi connectivity index (χ0) is 8.39. The van der Waals surface area contributed by atoms with Crippen molar-refractivity contribution in [1.82, 2.24) is 0 Å². The van der Waals surface area contributed by atoms with E-state index in [-0.39, 0.29) is 0 Å². The van der Waals surface area contributed by atoms with Gasteiger partial charge in [-0.2, -0.15) is 0 Å². The second-order valence-corrected chi connectivity index (χ2v) is 2.53. The zero-order valence-electron chi connectivity index (χ0n) is 6.49. The van der Waals surface area contributed by atoms with E-state index < -0.39 is 0 Å². The molecule has 0 spiro atoms. The van der Waals surface area contributed by atoms with Crippen molar-refractivity contribution < 1.29 is 0 Å². The number of hydrogen-bond donors (Lipinski definition) is 2. The fraction of sp³-hybridized carbons (Fsp3) is 0. The van der Waals surface area contributed by atoms with Crippen LogP contribution in [0, 0.1) is 0 Å². The third-order valence-corrected chi connectivity index (χ3v) is 1.65. The standard InChI is InChI=1S/C9H9N3/c10-9-5-6-11-7-3-1-2-4-8(7)12-9/h1-6,11H,(H2,10,12). The number of nitrogens with one attached hydrogen (secondary N) is 1. The van der Waals surface area contributed by atoms with Gasteiger partial charge in [0.25, 0.3) is 0 Å². The number of nitrogens with zero attached hydrogens (tertiary/aromatic N) is 1. The number of aliphatic imine (C=N–C) groups is 1. The molecule has 1 aliphatic heterocycles. The fourth-order valence-electron chi connectivity index (χ4n) is 1.09. The van der Waals surface area contributed by atoms with Gasteiger partial charge in [0.2, 0.25) is 0 Å². The van der Waals surface area contributed by atoms with Crippen LogP contribution in [0.15, 0.2) is 41.5 Å². The van der Waals surface area contributed by atoms with Gasteiger partial charge in [-0.3, -0.25) is 0 Å². The molecule has 3 nitrogen and oxygen atoms in total. The van der Waals surface area contributed by atoms with E-state index in [1.54, 1.807) is 12.3 Å². The second kappa shape index (κ2) is 2.70.